The first-order chi connectivity index (χ1) is 33.0. The molecule has 0 saturated heterocycles. The summed E-state index contributed by atoms with van der Waals surface area (Å²) in [5.41, 5.74) is 15.0. The lowest BCUT2D eigenvalue weighted by atomic mass is 9.53. The van der Waals surface area contributed by atoms with E-state index < -0.39 is 11.6 Å². The maximum atomic E-state index is 15.4. The van der Waals surface area contributed by atoms with Crippen LogP contribution in [0.2, 0.25) is 0 Å². The number of anilines is 3. The van der Waals surface area contributed by atoms with E-state index in [9.17, 15) is 4.39 Å². The highest BCUT2D eigenvalue weighted by Crippen LogP contribution is 2.74. The average molecular weight is 888 g/mol. The van der Waals surface area contributed by atoms with Crippen molar-refractivity contribution >= 4 is 51.1 Å². The number of nitrogens with zero attached hydrogens (tertiary/aromatic N) is 1. The van der Waals surface area contributed by atoms with E-state index in [1.54, 1.807) is 22.3 Å². The molecule has 1 nitrogen and oxygen atoms in total. The summed E-state index contributed by atoms with van der Waals surface area (Å²) in [5, 5.41) is 2.20. The summed E-state index contributed by atoms with van der Waals surface area (Å²) in [7, 11) is 0. The molecule has 342 valence electrons. The summed E-state index contributed by atoms with van der Waals surface area (Å²) in [6, 6.07) is 44.5. The minimum Gasteiger partial charge on any atom is -0.308 e. The monoisotopic (exact) mass is 888 g/mol. The number of benzene rings is 6. The summed E-state index contributed by atoms with van der Waals surface area (Å²) >= 11 is 0. The van der Waals surface area contributed by atoms with Gasteiger partial charge in [-0.2, -0.15) is 0 Å². The van der Waals surface area contributed by atoms with Gasteiger partial charge in [-0.15, -0.1) is 0 Å². The SMILES string of the molecule is Fc1ccc(N(c2ccccc2)c2ccc3cc(/C=C/c4ccc5c(c4)C(C4CCCCC4)(C4CCCCC4)C4=C5C(C5CCCCC5)(C5CCCCC5)c5ccccc54)ccc3c2)c(F)c1. The largest absolute Gasteiger partial charge is 0.308 e. The van der Waals surface area contributed by atoms with Crippen LogP contribution in [0.15, 0.2) is 127 Å². The summed E-state index contributed by atoms with van der Waals surface area (Å²) in [6.07, 6.45) is 32.2. The molecular formula is C64H67F2N. The van der Waals surface area contributed by atoms with Gasteiger partial charge in [-0.25, -0.2) is 8.78 Å². The Morgan fingerprint density at radius 1 is 0.403 bits per heavy atom. The Balaban J connectivity index is 0.972. The summed E-state index contributed by atoms with van der Waals surface area (Å²) in [6.45, 7) is 0. The smallest absolute Gasteiger partial charge is 0.150 e. The number of fused-ring (bicyclic) bond motifs is 5. The molecule has 0 spiro atoms. The van der Waals surface area contributed by atoms with Crippen LogP contribution in [0, 0.1) is 35.3 Å². The second kappa shape index (κ2) is 18.0. The fourth-order valence-corrected chi connectivity index (χ4v) is 15.6. The summed E-state index contributed by atoms with van der Waals surface area (Å²) in [5.74, 6) is 1.61. The standard InChI is InChI=1S/C64H67F2N/c65-52-36-39-60(59(66)43-52)67(53-26-14-5-15-27-53)54-37-35-46-40-44(32-34-47(46)42-54)30-31-45-33-38-56-58(41-45)64(50-22-10-3-11-23-50,51-24-12-4-13-25-51)61-55-28-16-17-29-57(55)63(62(56)61,48-18-6-1-7-19-48)49-20-8-2-9-21-49/h5,14-17,26-43,48-51H,1-4,6-13,18-25H2/b31-30+. The molecule has 6 aliphatic rings. The Hall–Kier alpha value is -5.28. The molecule has 6 aromatic rings. The highest BCUT2D eigenvalue weighted by atomic mass is 19.1. The molecule has 0 N–H and O–H groups in total. The van der Waals surface area contributed by atoms with Crippen molar-refractivity contribution in [1.82, 2.24) is 0 Å². The van der Waals surface area contributed by atoms with Crippen molar-refractivity contribution in [2.75, 3.05) is 4.90 Å². The Kier molecular flexibility index (Phi) is 11.6. The highest BCUT2D eigenvalue weighted by molar-refractivity contribution is 6.11. The summed E-state index contributed by atoms with van der Waals surface area (Å²) in [4.78, 5) is 1.87. The molecule has 0 unspecified atom stereocenters. The van der Waals surface area contributed by atoms with Crippen molar-refractivity contribution in [2.45, 2.75) is 139 Å². The van der Waals surface area contributed by atoms with Crippen LogP contribution in [0.4, 0.5) is 25.8 Å². The Bertz CT molecular complexity index is 2790. The zero-order valence-electron chi connectivity index (χ0n) is 39.4. The van der Waals surface area contributed by atoms with Gasteiger partial charge in [0.05, 0.1) is 5.69 Å². The number of hydrogen-bond donors (Lipinski definition) is 0. The summed E-state index contributed by atoms with van der Waals surface area (Å²) < 4.78 is 29.5. The van der Waals surface area contributed by atoms with Gasteiger partial charge in [0.1, 0.15) is 11.6 Å². The molecular weight excluding hydrogens is 821 g/mol. The third kappa shape index (κ3) is 7.18. The Morgan fingerprint density at radius 2 is 0.896 bits per heavy atom. The molecule has 67 heavy (non-hydrogen) atoms. The molecule has 0 radical (unpaired) electrons. The van der Waals surface area contributed by atoms with Gasteiger partial charge in [0.25, 0.3) is 0 Å². The molecule has 0 bridgehead atoms. The van der Waals surface area contributed by atoms with Crippen molar-refractivity contribution in [2.24, 2.45) is 23.7 Å². The first-order valence-corrected chi connectivity index (χ1v) is 26.6. The number of para-hydroxylation sites is 1. The average Bonchev–Trinajstić information content (AvgIpc) is 3.87. The van der Waals surface area contributed by atoms with Crippen LogP contribution in [-0.2, 0) is 10.8 Å². The molecule has 6 aliphatic carbocycles. The van der Waals surface area contributed by atoms with Crippen LogP contribution >= 0.6 is 0 Å². The number of allylic oxidation sites excluding steroid dienone is 2. The molecule has 4 fully saturated rings. The molecule has 0 amide bonds. The van der Waals surface area contributed by atoms with Crippen LogP contribution in [0.25, 0.3) is 34.1 Å². The second-order valence-electron chi connectivity index (χ2n) is 21.6. The van der Waals surface area contributed by atoms with Crippen LogP contribution in [-0.4, -0.2) is 0 Å². The van der Waals surface area contributed by atoms with Gasteiger partial charge >= 0.3 is 0 Å². The van der Waals surface area contributed by atoms with Gasteiger partial charge in [0.15, 0.2) is 0 Å². The maximum absolute atomic E-state index is 15.4. The quantitative estimate of drug-likeness (QED) is 0.131. The van der Waals surface area contributed by atoms with E-state index in [4.69, 9.17) is 0 Å². The fraction of sp³-hybridized carbons (Fsp3) is 0.406. The van der Waals surface area contributed by atoms with Gasteiger partial charge in [0, 0.05) is 28.3 Å². The first kappa shape index (κ1) is 43.0. The van der Waals surface area contributed by atoms with E-state index >= 15 is 4.39 Å². The predicted molar refractivity (Wildman–Crippen MR) is 277 cm³/mol. The molecule has 12 rings (SSSR count). The first-order valence-electron chi connectivity index (χ1n) is 26.6. The van der Waals surface area contributed by atoms with Gasteiger partial charge < -0.3 is 4.90 Å². The lowest BCUT2D eigenvalue weighted by molar-refractivity contribution is 0.150. The number of halogens is 2. The number of rotatable bonds is 9. The zero-order chi connectivity index (χ0) is 45.0. The molecule has 0 heterocycles. The molecule has 4 saturated carbocycles. The van der Waals surface area contributed by atoms with Gasteiger partial charge in [-0.1, -0.05) is 168 Å². The van der Waals surface area contributed by atoms with E-state index in [0.717, 1.165) is 28.2 Å². The van der Waals surface area contributed by atoms with Crippen molar-refractivity contribution in [3.05, 3.63) is 172 Å². The van der Waals surface area contributed by atoms with Crippen molar-refractivity contribution in [1.29, 1.82) is 0 Å². The highest BCUT2D eigenvalue weighted by Gasteiger charge is 2.64. The third-order valence-corrected chi connectivity index (χ3v) is 18.2. The maximum Gasteiger partial charge on any atom is 0.150 e. The van der Waals surface area contributed by atoms with Crippen molar-refractivity contribution < 1.29 is 8.78 Å². The van der Waals surface area contributed by atoms with E-state index in [1.165, 1.54) is 152 Å². The lowest BCUT2D eigenvalue weighted by Crippen LogP contribution is -2.44. The van der Waals surface area contributed by atoms with Crippen LogP contribution in [0.1, 0.15) is 162 Å². The topological polar surface area (TPSA) is 3.24 Å². The Morgan fingerprint density at radius 3 is 1.49 bits per heavy atom. The van der Waals surface area contributed by atoms with E-state index in [1.807, 2.05) is 52.4 Å². The van der Waals surface area contributed by atoms with E-state index in [0.29, 0.717) is 29.4 Å². The van der Waals surface area contributed by atoms with Crippen LogP contribution < -0.4 is 4.90 Å². The fourth-order valence-electron chi connectivity index (χ4n) is 15.6. The minimum atomic E-state index is -0.594. The van der Waals surface area contributed by atoms with Crippen molar-refractivity contribution in [3.8, 4) is 0 Å². The van der Waals surface area contributed by atoms with E-state index in [-0.39, 0.29) is 10.8 Å². The molecule has 3 heteroatoms. The van der Waals surface area contributed by atoms with Crippen LogP contribution in [0.3, 0.4) is 0 Å². The Labute approximate surface area is 398 Å². The van der Waals surface area contributed by atoms with Crippen LogP contribution in [0.5, 0.6) is 0 Å². The van der Waals surface area contributed by atoms with Gasteiger partial charge in [-0.05, 0) is 173 Å². The molecule has 0 aliphatic heterocycles. The third-order valence-electron chi connectivity index (χ3n) is 18.2. The number of hydrogen-bond acceptors (Lipinski definition) is 1. The van der Waals surface area contributed by atoms with Gasteiger partial charge in [-0.3, -0.25) is 0 Å². The van der Waals surface area contributed by atoms with Crippen molar-refractivity contribution in [3.63, 3.8) is 0 Å². The second-order valence-corrected chi connectivity index (χ2v) is 21.6. The molecule has 0 aromatic heterocycles. The normalized spacial score (nSPS) is 21.2. The van der Waals surface area contributed by atoms with E-state index in [2.05, 4.69) is 84.9 Å². The minimum absolute atomic E-state index is 0.0572. The molecule has 0 atom stereocenters. The molecule has 6 aromatic carbocycles. The lowest BCUT2D eigenvalue weighted by Gasteiger charge is -2.50. The van der Waals surface area contributed by atoms with Gasteiger partial charge in [0.2, 0.25) is 0 Å². The zero-order valence-corrected chi connectivity index (χ0v) is 39.4. The predicted octanol–water partition coefficient (Wildman–Crippen LogP) is 18.5.